The zero-order chi connectivity index (χ0) is 13.3. The van der Waals surface area contributed by atoms with Crippen LogP contribution in [0, 0.1) is 18.7 Å². The number of benzene rings is 1. The van der Waals surface area contributed by atoms with Crippen LogP contribution in [0.25, 0.3) is 0 Å². The molecule has 1 atom stereocenters. The number of nitrogens with one attached hydrogen (secondary N) is 1. The standard InChI is InChI=1S/C13H15FN2OS/c1-7-6-9(4-5-10(7)14)13(17)16-11(12(15)18)8-2-3-8/h4-6,8,11H,2-3H2,1H3,(H2,15,18)(H,16,17). The Balaban J connectivity index is 2.10. The Morgan fingerprint density at radius 1 is 1.56 bits per heavy atom. The predicted molar refractivity (Wildman–Crippen MR) is 71.9 cm³/mol. The van der Waals surface area contributed by atoms with Gasteiger partial charge in [-0.15, -0.1) is 0 Å². The van der Waals surface area contributed by atoms with E-state index in [4.69, 9.17) is 18.0 Å². The molecule has 0 aromatic heterocycles. The van der Waals surface area contributed by atoms with E-state index in [0.29, 0.717) is 22.0 Å². The van der Waals surface area contributed by atoms with Crippen LogP contribution in [0.1, 0.15) is 28.8 Å². The molecule has 96 valence electrons. The molecule has 0 bridgehead atoms. The fourth-order valence-corrected chi connectivity index (χ4v) is 2.11. The SMILES string of the molecule is Cc1cc(C(=O)NC(C(N)=S)C2CC2)ccc1F. The number of aryl methyl sites for hydroxylation is 1. The lowest BCUT2D eigenvalue weighted by atomic mass is 10.1. The molecule has 1 aromatic carbocycles. The van der Waals surface area contributed by atoms with Crippen molar-refractivity contribution in [2.75, 3.05) is 0 Å². The first-order chi connectivity index (χ1) is 8.49. The minimum atomic E-state index is -0.320. The van der Waals surface area contributed by atoms with Gasteiger partial charge in [0.05, 0.1) is 11.0 Å². The smallest absolute Gasteiger partial charge is 0.251 e. The third-order valence-corrected chi connectivity index (χ3v) is 3.36. The molecule has 0 aliphatic heterocycles. The maximum Gasteiger partial charge on any atom is 0.251 e. The number of hydrogen-bond donors (Lipinski definition) is 2. The summed E-state index contributed by atoms with van der Waals surface area (Å²) in [6, 6.07) is 4.02. The molecule has 1 fully saturated rings. The minimum Gasteiger partial charge on any atom is -0.392 e. The first kappa shape index (κ1) is 13.0. The first-order valence-electron chi connectivity index (χ1n) is 5.85. The summed E-state index contributed by atoms with van der Waals surface area (Å²) in [5, 5.41) is 2.81. The molecule has 0 spiro atoms. The quantitative estimate of drug-likeness (QED) is 0.819. The Hall–Kier alpha value is -1.49. The third-order valence-electron chi connectivity index (χ3n) is 3.11. The van der Waals surface area contributed by atoms with Crippen LogP contribution in [0.4, 0.5) is 4.39 Å². The Labute approximate surface area is 111 Å². The molecule has 1 amide bonds. The Kier molecular flexibility index (Phi) is 3.61. The van der Waals surface area contributed by atoms with Gasteiger partial charge in [0, 0.05) is 5.56 Å². The van der Waals surface area contributed by atoms with Gasteiger partial charge >= 0.3 is 0 Å². The van der Waals surface area contributed by atoms with Crippen LogP contribution < -0.4 is 11.1 Å². The van der Waals surface area contributed by atoms with Crippen molar-refractivity contribution in [1.82, 2.24) is 5.32 Å². The Bertz CT molecular complexity index is 500. The van der Waals surface area contributed by atoms with Crippen LogP contribution in [0.5, 0.6) is 0 Å². The van der Waals surface area contributed by atoms with Gasteiger partial charge in [-0.05, 0) is 49.4 Å². The van der Waals surface area contributed by atoms with Crippen molar-refractivity contribution in [2.45, 2.75) is 25.8 Å². The summed E-state index contributed by atoms with van der Waals surface area (Å²) in [5.41, 5.74) is 6.49. The van der Waals surface area contributed by atoms with Gasteiger partial charge < -0.3 is 11.1 Å². The van der Waals surface area contributed by atoms with E-state index in [1.165, 1.54) is 18.2 Å². The number of amides is 1. The van der Waals surface area contributed by atoms with Crippen LogP contribution in [-0.4, -0.2) is 16.9 Å². The average molecular weight is 266 g/mol. The van der Waals surface area contributed by atoms with Gasteiger partial charge in [-0.2, -0.15) is 0 Å². The van der Waals surface area contributed by atoms with E-state index >= 15 is 0 Å². The van der Waals surface area contributed by atoms with Crippen molar-refractivity contribution >= 4 is 23.1 Å². The predicted octanol–water partition coefficient (Wildman–Crippen LogP) is 1.93. The van der Waals surface area contributed by atoms with Gasteiger partial charge in [-0.3, -0.25) is 4.79 Å². The van der Waals surface area contributed by atoms with Crippen molar-refractivity contribution in [3.05, 3.63) is 35.1 Å². The summed E-state index contributed by atoms with van der Waals surface area (Å²) < 4.78 is 13.1. The molecule has 1 aliphatic rings. The first-order valence-corrected chi connectivity index (χ1v) is 6.26. The molecule has 0 heterocycles. The van der Waals surface area contributed by atoms with E-state index in [2.05, 4.69) is 5.32 Å². The number of carbonyl (C=O) groups is 1. The van der Waals surface area contributed by atoms with Gasteiger partial charge in [0.15, 0.2) is 0 Å². The molecule has 1 saturated carbocycles. The van der Waals surface area contributed by atoms with Crippen molar-refractivity contribution < 1.29 is 9.18 Å². The van der Waals surface area contributed by atoms with Crippen molar-refractivity contribution in [2.24, 2.45) is 11.7 Å². The zero-order valence-electron chi connectivity index (χ0n) is 10.1. The van der Waals surface area contributed by atoms with Crippen LogP contribution in [0.3, 0.4) is 0 Å². The maximum absolute atomic E-state index is 13.1. The molecule has 3 nitrogen and oxygen atoms in total. The topological polar surface area (TPSA) is 55.1 Å². The average Bonchev–Trinajstić information content (AvgIpc) is 3.13. The molecule has 3 N–H and O–H groups in total. The third kappa shape index (κ3) is 2.85. The van der Waals surface area contributed by atoms with Gasteiger partial charge in [-0.1, -0.05) is 12.2 Å². The summed E-state index contributed by atoms with van der Waals surface area (Å²) in [6.07, 6.45) is 2.06. The van der Waals surface area contributed by atoms with E-state index in [0.717, 1.165) is 12.8 Å². The summed E-state index contributed by atoms with van der Waals surface area (Å²) in [5.74, 6) is -0.226. The minimum absolute atomic E-state index is 0.252. The molecule has 1 unspecified atom stereocenters. The molecular formula is C13H15FN2OS. The van der Waals surface area contributed by atoms with Gasteiger partial charge in [0.1, 0.15) is 5.82 Å². The van der Waals surface area contributed by atoms with E-state index in [1.807, 2.05) is 0 Å². The normalized spacial score (nSPS) is 16.1. The fourth-order valence-electron chi connectivity index (χ4n) is 1.86. The number of hydrogen-bond acceptors (Lipinski definition) is 2. The highest BCUT2D eigenvalue weighted by Crippen LogP contribution is 2.32. The molecule has 1 aliphatic carbocycles. The van der Waals surface area contributed by atoms with Crippen LogP contribution in [-0.2, 0) is 0 Å². The summed E-state index contributed by atoms with van der Waals surface area (Å²) in [4.78, 5) is 12.3. The second-order valence-electron chi connectivity index (χ2n) is 4.65. The maximum atomic E-state index is 13.1. The summed E-state index contributed by atoms with van der Waals surface area (Å²) in [7, 11) is 0. The highest BCUT2D eigenvalue weighted by Gasteiger charge is 2.34. The molecule has 5 heteroatoms. The van der Waals surface area contributed by atoms with Crippen LogP contribution >= 0.6 is 12.2 Å². The van der Waals surface area contributed by atoms with E-state index in [-0.39, 0.29) is 17.8 Å². The number of thiocarbonyl (C=S) groups is 1. The van der Waals surface area contributed by atoms with Gasteiger partial charge in [0.2, 0.25) is 0 Å². The second-order valence-corrected chi connectivity index (χ2v) is 5.13. The summed E-state index contributed by atoms with van der Waals surface area (Å²) in [6.45, 7) is 1.62. The summed E-state index contributed by atoms with van der Waals surface area (Å²) >= 11 is 4.95. The van der Waals surface area contributed by atoms with E-state index < -0.39 is 0 Å². The Morgan fingerprint density at radius 2 is 2.22 bits per heavy atom. The zero-order valence-corrected chi connectivity index (χ0v) is 10.9. The lowest BCUT2D eigenvalue weighted by molar-refractivity contribution is 0.0943. The molecule has 18 heavy (non-hydrogen) atoms. The molecule has 0 radical (unpaired) electrons. The van der Waals surface area contributed by atoms with Gasteiger partial charge in [-0.25, -0.2) is 4.39 Å². The Morgan fingerprint density at radius 3 is 2.72 bits per heavy atom. The molecule has 1 aromatic rings. The van der Waals surface area contributed by atoms with Crippen molar-refractivity contribution in [1.29, 1.82) is 0 Å². The number of rotatable bonds is 4. The van der Waals surface area contributed by atoms with Crippen molar-refractivity contribution in [3.8, 4) is 0 Å². The van der Waals surface area contributed by atoms with Crippen LogP contribution in [0.2, 0.25) is 0 Å². The highest BCUT2D eigenvalue weighted by molar-refractivity contribution is 7.80. The van der Waals surface area contributed by atoms with Crippen molar-refractivity contribution in [3.63, 3.8) is 0 Å². The highest BCUT2D eigenvalue weighted by atomic mass is 32.1. The number of halogens is 1. The molecule has 0 saturated heterocycles. The largest absolute Gasteiger partial charge is 0.392 e. The number of carbonyl (C=O) groups excluding carboxylic acids is 1. The van der Waals surface area contributed by atoms with Crippen LogP contribution in [0.15, 0.2) is 18.2 Å². The van der Waals surface area contributed by atoms with E-state index in [1.54, 1.807) is 6.92 Å². The molecular weight excluding hydrogens is 251 g/mol. The monoisotopic (exact) mass is 266 g/mol. The second kappa shape index (κ2) is 5.02. The molecule has 2 rings (SSSR count). The van der Waals surface area contributed by atoms with E-state index in [9.17, 15) is 9.18 Å². The number of nitrogens with two attached hydrogens (primary N) is 1. The van der Waals surface area contributed by atoms with Gasteiger partial charge in [0.25, 0.3) is 5.91 Å². The lowest BCUT2D eigenvalue weighted by Gasteiger charge is -2.16. The lowest BCUT2D eigenvalue weighted by Crippen LogP contribution is -2.45. The fraction of sp³-hybridized carbons (Fsp3) is 0.385.